The van der Waals surface area contributed by atoms with Gasteiger partial charge in [-0.15, -0.1) is 0 Å². The molecule has 1 aliphatic rings. The van der Waals surface area contributed by atoms with E-state index in [9.17, 15) is 9.59 Å². The van der Waals surface area contributed by atoms with Crippen LogP contribution in [0.1, 0.15) is 36.0 Å². The molecule has 5 nitrogen and oxygen atoms in total. The maximum absolute atomic E-state index is 11.5. The van der Waals surface area contributed by atoms with Gasteiger partial charge >= 0.3 is 5.97 Å². The van der Waals surface area contributed by atoms with Crippen molar-refractivity contribution in [3.63, 3.8) is 0 Å². The summed E-state index contributed by atoms with van der Waals surface area (Å²) in [4.78, 5) is 22.3. The Bertz CT molecular complexity index is 509. The number of carboxylic acid groups (broad SMARTS) is 1. The van der Waals surface area contributed by atoms with E-state index in [0.29, 0.717) is 24.2 Å². The summed E-state index contributed by atoms with van der Waals surface area (Å²) >= 11 is 0. The Labute approximate surface area is 105 Å². The van der Waals surface area contributed by atoms with Crippen molar-refractivity contribution >= 4 is 23.2 Å². The smallest absolute Gasteiger partial charge is 0.335 e. The van der Waals surface area contributed by atoms with Gasteiger partial charge in [-0.3, -0.25) is 10.2 Å². The van der Waals surface area contributed by atoms with E-state index in [1.54, 1.807) is 12.1 Å². The Kier molecular flexibility index (Phi) is 3.72. The number of carbonyl (C=O) groups is 2. The van der Waals surface area contributed by atoms with E-state index < -0.39 is 5.97 Å². The lowest BCUT2D eigenvalue weighted by atomic mass is 9.97. The normalized spacial score (nSPS) is 17.8. The van der Waals surface area contributed by atoms with Crippen molar-refractivity contribution in [2.24, 2.45) is 5.10 Å². The third-order valence-corrected chi connectivity index (χ3v) is 2.82. The van der Waals surface area contributed by atoms with E-state index in [4.69, 9.17) is 5.11 Å². The molecule has 0 radical (unpaired) electrons. The molecule has 0 saturated heterocycles. The number of carboxylic acids is 1. The number of hydrogen-bond acceptors (Lipinski definition) is 4. The number of carbonyl (C=O) groups excluding carboxylic acids is 1. The molecule has 5 heteroatoms. The molecule has 0 heterocycles. The number of hydrogen-bond donors (Lipinski definition) is 2. The second-order valence-electron chi connectivity index (χ2n) is 4.19. The Morgan fingerprint density at radius 1 is 1.28 bits per heavy atom. The minimum Gasteiger partial charge on any atom is -0.478 e. The molecule has 94 valence electrons. The van der Waals surface area contributed by atoms with Crippen molar-refractivity contribution < 1.29 is 14.7 Å². The largest absolute Gasteiger partial charge is 0.478 e. The first kappa shape index (κ1) is 12.3. The summed E-state index contributed by atoms with van der Waals surface area (Å²) in [5.74, 6) is -0.914. The van der Waals surface area contributed by atoms with Crippen LogP contribution in [-0.4, -0.2) is 22.6 Å². The van der Waals surface area contributed by atoms with Crippen LogP contribution in [0.15, 0.2) is 29.4 Å². The second-order valence-corrected chi connectivity index (χ2v) is 4.19. The van der Waals surface area contributed by atoms with Crippen molar-refractivity contribution in [1.29, 1.82) is 0 Å². The lowest BCUT2D eigenvalue weighted by molar-refractivity contribution is -0.113. The molecule has 18 heavy (non-hydrogen) atoms. The van der Waals surface area contributed by atoms with Crippen molar-refractivity contribution in [2.75, 3.05) is 5.43 Å². The standard InChI is InChI=1S/C13H14N2O3/c16-12-7-2-1-6-11(12)15-14-10-5-3-4-9(8-10)13(17)18/h3-5,8,14H,1-2,6-7H2,(H,17,18). The number of ketones is 1. The van der Waals surface area contributed by atoms with Gasteiger partial charge in [0.15, 0.2) is 5.78 Å². The lowest BCUT2D eigenvalue weighted by Gasteiger charge is -2.11. The van der Waals surface area contributed by atoms with Crippen molar-refractivity contribution in [2.45, 2.75) is 25.7 Å². The molecule has 1 fully saturated rings. The minimum atomic E-state index is -0.986. The Balaban J connectivity index is 2.09. The average molecular weight is 246 g/mol. The molecule has 0 atom stereocenters. The highest BCUT2D eigenvalue weighted by Crippen LogP contribution is 2.14. The van der Waals surface area contributed by atoms with Gasteiger partial charge in [-0.2, -0.15) is 5.10 Å². The van der Waals surface area contributed by atoms with Gasteiger partial charge in [0.25, 0.3) is 0 Å². The number of aromatic carboxylic acids is 1. The molecule has 1 aliphatic carbocycles. The van der Waals surface area contributed by atoms with Crippen LogP contribution in [0.2, 0.25) is 0 Å². The van der Waals surface area contributed by atoms with Crippen LogP contribution in [0.25, 0.3) is 0 Å². The molecule has 1 aromatic carbocycles. The number of hydrazone groups is 1. The Hall–Kier alpha value is -2.17. The van der Waals surface area contributed by atoms with Gasteiger partial charge in [0, 0.05) is 6.42 Å². The van der Waals surface area contributed by atoms with Crippen LogP contribution in [0.4, 0.5) is 5.69 Å². The number of benzene rings is 1. The van der Waals surface area contributed by atoms with Gasteiger partial charge in [-0.05, 0) is 37.5 Å². The number of nitrogens with one attached hydrogen (secondary N) is 1. The predicted molar refractivity (Wildman–Crippen MR) is 67.9 cm³/mol. The summed E-state index contributed by atoms with van der Waals surface area (Å²) in [6, 6.07) is 6.34. The molecular weight excluding hydrogens is 232 g/mol. The van der Waals surface area contributed by atoms with Gasteiger partial charge < -0.3 is 5.11 Å². The maximum atomic E-state index is 11.5. The van der Waals surface area contributed by atoms with Gasteiger partial charge in [-0.25, -0.2) is 4.79 Å². The quantitative estimate of drug-likeness (QED) is 0.802. The van der Waals surface area contributed by atoms with E-state index in [2.05, 4.69) is 10.5 Å². The monoisotopic (exact) mass is 246 g/mol. The van der Waals surface area contributed by atoms with Crippen molar-refractivity contribution in [3.8, 4) is 0 Å². The molecule has 1 saturated carbocycles. The molecule has 0 aliphatic heterocycles. The molecule has 0 aromatic heterocycles. The topological polar surface area (TPSA) is 78.8 Å². The Morgan fingerprint density at radius 2 is 2.06 bits per heavy atom. The van der Waals surface area contributed by atoms with Crippen LogP contribution < -0.4 is 5.43 Å². The van der Waals surface area contributed by atoms with E-state index in [1.807, 2.05) is 0 Å². The summed E-state index contributed by atoms with van der Waals surface area (Å²) in [7, 11) is 0. The van der Waals surface area contributed by atoms with E-state index >= 15 is 0 Å². The van der Waals surface area contributed by atoms with E-state index in [-0.39, 0.29) is 11.3 Å². The van der Waals surface area contributed by atoms with Crippen LogP contribution in [0, 0.1) is 0 Å². The zero-order valence-corrected chi connectivity index (χ0v) is 9.85. The van der Waals surface area contributed by atoms with E-state index in [1.165, 1.54) is 12.1 Å². The third-order valence-electron chi connectivity index (χ3n) is 2.82. The number of Topliss-reactive ketones (excluding diaryl/α,β-unsaturated/α-hetero) is 1. The fraction of sp³-hybridized carbons (Fsp3) is 0.308. The van der Waals surface area contributed by atoms with Crippen LogP contribution >= 0.6 is 0 Å². The molecule has 0 amide bonds. The van der Waals surface area contributed by atoms with Gasteiger partial charge in [0.2, 0.25) is 0 Å². The molecule has 0 spiro atoms. The van der Waals surface area contributed by atoms with Gasteiger partial charge in [-0.1, -0.05) is 6.07 Å². The highest BCUT2D eigenvalue weighted by molar-refractivity contribution is 6.40. The van der Waals surface area contributed by atoms with Crippen LogP contribution in [-0.2, 0) is 4.79 Å². The van der Waals surface area contributed by atoms with Crippen LogP contribution in [0.3, 0.4) is 0 Å². The fourth-order valence-corrected chi connectivity index (χ4v) is 1.83. The minimum absolute atomic E-state index is 0.0724. The summed E-state index contributed by atoms with van der Waals surface area (Å²) in [5, 5.41) is 12.9. The number of anilines is 1. The molecule has 0 bridgehead atoms. The predicted octanol–water partition coefficient (Wildman–Crippen LogP) is 2.30. The fourth-order valence-electron chi connectivity index (χ4n) is 1.83. The summed E-state index contributed by atoms with van der Waals surface area (Å²) in [6.45, 7) is 0. The number of nitrogens with zero attached hydrogens (tertiary/aromatic N) is 1. The second kappa shape index (κ2) is 5.44. The molecule has 0 unspecified atom stereocenters. The summed E-state index contributed by atoms with van der Waals surface area (Å²) < 4.78 is 0. The summed E-state index contributed by atoms with van der Waals surface area (Å²) in [6.07, 6.45) is 3.13. The molecule has 1 aromatic rings. The molecular formula is C13H14N2O3. The Morgan fingerprint density at radius 3 is 2.78 bits per heavy atom. The van der Waals surface area contributed by atoms with Crippen molar-refractivity contribution in [3.05, 3.63) is 29.8 Å². The number of rotatable bonds is 3. The zero-order chi connectivity index (χ0) is 13.0. The lowest BCUT2D eigenvalue weighted by Crippen LogP contribution is -2.19. The van der Waals surface area contributed by atoms with Gasteiger partial charge in [0.1, 0.15) is 5.71 Å². The van der Waals surface area contributed by atoms with E-state index in [0.717, 1.165) is 12.8 Å². The highest BCUT2D eigenvalue weighted by Gasteiger charge is 2.16. The SMILES string of the molecule is O=C1CCCCC1=NNc1cccc(C(=O)O)c1. The average Bonchev–Trinajstić information content (AvgIpc) is 2.38. The van der Waals surface area contributed by atoms with Gasteiger partial charge in [0.05, 0.1) is 11.3 Å². The summed E-state index contributed by atoms with van der Waals surface area (Å²) in [5.41, 5.74) is 4.05. The third kappa shape index (κ3) is 2.94. The molecule has 2 N–H and O–H groups in total. The van der Waals surface area contributed by atoms with Crippen molar-refractivity contribution in [1.82, 2.24) is 0 Å². The zero-order valence-electron chi connectivity index (χ0n) is 9.85. The first-order valence-electron chi connectivity index (χ1n) is 5.86. The maximum Gasteiger partial charge on any atom is 0.335 e. The first-order chi connectivity index (χ1) is 8.66. The van der Waals surface area contributed by atoms with Crippen LogP contribution in [0.5, 0.6) is 0 Å². The highest BCUT2D eigenvalue weighted by atomic mass is 16.4. The first-order valence-corrected chi connectivity index (χ1v) is 5.86. The molecule has 2 rings (SSSR count).